The van der Waals surface area contributed by atoms with E-state index < -0.39 is 0 Å². The van der Waals surface area contributed by atoms with Gasteiger partial charge in [0, 0.05) is 12.1 Å². The number of hydrogen-bond acceptors (Lipinski definition) is 5. The van der Waals surface area contributed by atoms with E-state index in [4.69, 9.17) is 4.74 Å². The van der Waals surface area contributed by atoms with Gasteiger partial charge in [0.2, 0.25) is 0 Å². The molecule has 26 heavy (non-hydrogen) atoms. The van der Waals surface area contributed by atoms with Crippen LogP contribution in [0.25, 0.3) is 5.69 Å². The maximum atomic E-state index is 12.1. The SMILES string of the molecule is C[C@H](CCc1ccccc1)NC(=O)COc1cccc(-n2cnnn2)c1. The minimum atomic E-state index is -0.140. The predicted octanol–water partition coefficient (Wildman–Crippen LogP) is 2.18. The zero-order valence-corrected chi connectivity index (χ0v) is 14.6. The first-order valence-corrected chi connectivity index (χ1v) is 8.50. The lowest BCUT2D eigenvalue weighted by Crippen LogP contribution is -2.36. The third-order valence-electron chi connectivity index (χ3n) is 3.92. The molecule has 2 aromatic carbocycles. The molecule has 0 aliphatic rings. The van der Waals surface area contributed by atoms with Crippen LogP contribution in [0.5, 0.6) is 5.75 Å². The van der Waals surface area contributed by atoms with Gasteiger partial charge in [0.1, 0.15) is 12.1 Å². The Bertz CT molecular complexity index is 821. The van der Waals surface area contributed by atoms with Crippen molar-refractivity contribution in [2.75, 3.05) is 6.61 Å². The molecule has 1 heterocycles. The molecular formula is C19H21N5O2. The monoisotopic (exact) mass is 351 g/mol. The van der Waals surface area contributed by atoms with Crippen LogP contribution in [-0.2, 0) is 11.2 Å². The van der Waals surface area contributed by atoms with Gasteiger partial charge < -0.3 is 10.1 Å². The van der Waals surface area contributed by atoms with E-state index in [0.29, 0.717) is 5.75 Å². The van der Waals surface area contributed by atoms with Crippen LogP contribution in [0.4, 0.5) is 0 Å². The highest BCUT2D eigenvalue weighted by Crippen LogP contribution is 2.15. The van der Waals surface area contributed by atoms with E-state index in [1.807, 2.05) is 37.3 Å². The molecule has 134 valence electrons. The number of benzene rings is 2. The van der Waals surface area contributed by atoms with E-state index in [1.54, 1.807) is 12.1 Å². The molecule has 0 radical (unpaired) electrons. The van der Waals surface area contributed by atoms with Gasteiger partial charge in [-0.25, -0.2) is 4.68 Å². The number of tetrazole rings is 1. The molecule has 3 aromatic rings. The minimum absolute atomic E-state index is 0.0330. The molecular weight excluding hydrogens is 330 g/mol. The Morgan fingerprint density at radius 1 is 1.19 bits per heavy atom. The fourth-order valence-corrected chi connectivity index (χ4v) is 2.56. The summed E-state index contributed by atoms with van der Waals surface area (Å²) in [5.74, 6) is 0.448. The minimum Gasteiger partial charge on any atom is -0.484 e. The molecule has 1 atom stereocenters. The molecule has 0 aliphatic heterocycles. The van der Waals surface area contributed by atoms with E-state index >= 15 is 0 Å². The van der Waals surface area contributed by atoms with Crippen LogP contribution in [0, 0.1) is 0 Å². The van der Waals surface area contributed by atoms with E-state index in [2.05, 4.69) is 33.0 Å². The Morgan fingerprint density at radius 3 is 2.81 bits per heavy atom. The summed E-state index contributed by atoms with van der Waals surface area (Å²) < 4.78 is 7.10. The standard InChI is InChI=1S/C19H21N5O2/c1-15(10-11-16-6-3-2-4-7-16)21-19(25)13-26-18-9-5-8-17(12-18)24-14-20-22-23-24/h2-9,12,14-15H,10-11,13H2,1H3,(H,21,25)/t15-/m1/s1. The van der Waals surface area contributed by atoms with Crippen molar-refractivity contribution in [3.8, 4) is 11.4 Å². The highest BCUT2D eigenvalue weighted by molar-refractivity contribution is 5.77. The van der Waals surface area contributed by atoms with Gasteiger partial charge in [-0.3, -0.25) is 4.79 Å². The number of carbonyl (C=O) groups excluding carboxylic acids is 1. The molecule has 0 bridgehead atoms. The molecule has 1 amide bonds. The fraction of sp³-hybridized carbons (Fsp3) is 0.263. The largest absolute Gasteiger partial charge is 0.484 e. The Kier molecular flexibility index (Phi) is 5.92. The normalized spacial score (nSPS) is 11.7. The van der Waals surface area contributed by atoms with Crippen molar-refractivity contribution in [1.82, 2.24) is 25.5 Å². The van der Waals surface area contributed by atoms with Gasteiger partial charge in [0.15, 0.2) is 6.61 Å². The number of nitrogens with one attached hydrogen (secondary N) is 1. The summed E-state index contributed by atoms with van der Waals surface area (Å²) in [6, 6.07) is 17.6. The van der Waals surface area contributed by atoms with Crippen LogP contribution < -0.4 is 10.1 Å². The van der Waals surface area contributed by atoms with Crippen LogP contribution in [0.2, 0.25) is 0 Å². The quantitative estimate of drug-likeness (QED) is 0.673. The topological polar surface area (TPSA) is 81.9 Å². The van der Waals surface area contributed by atoms with E-state index in [0.717, 1.165) is 18.5 Å². The lowest BCUT2D eigenvalue weighted by atomic mass is 10.1. The van der Waals surface area contributed by atoms with Crippen molar-refractivity contribution >= 4 is 5.91 Å². The molecule has 0 unspecified atom stereocenters. The van der Waals surface area contributed by atoms with Gasteiger partial charge in [-0.1, -0.05) is 36.4 Å². The molecule has 3 rings (SSSR count). The number of rotatable bonds is 8. The van der Waals surface area contributed by atoms with Crippen LogP contribution in [0.1, 0.15) is 18.9 Å². The second-order valence-electron chi connectivity index (χ2n) is 6.03. The van der Waals surface area contributed by atoms with Gasteiger partial charge in [-0.2, -0.15) is 0 Å². The summed E-state index contributed by atoms with van der Waals surface area (Å²) in [5.41, 5.74) is 2.04. The molecule has 0 aliphatic carbocycles. The van der Waals surface area contributed by atoms with Crippen molar-refractivity contribution in [3.05, 3.63) is 66.5 Å². The van der Waals surface area contributed by atoms with Crippen molar-refractivity contribution in [2.45, 2.75) is 25.8 Å². The van der Waals surface area contributed by atoms with Crippen LogP contribution in [-0.4, -0.2) is 38.8 Å². The second kappa shape index (κ2) is 8.75. The summed E-state index contributed by atoms with van der Waals surface area (Å²) in [5, 5.41) is 14.0. The maximum Gasteiger partial charge on any atom is 0.258 e. The van der Waals surface area contributed by atoms with E-state index in [-0.39, 0.29) is 18.6 Å². The number of nitrogens with zero attached hydrogens (tertiary/aromatic N) is 4. The average Bonchev–Trinajstić information content (AvgIpc) is 3.21. The number of hydrogen-bond donors (Lipinski definition) is 1. The van der Waals surface area contributed by atoms with Crippen molar-refractivity contribution in [2.24, 2.45) is 0 Å². The first kappa shape index (κ1) is 17.6. The van der Waals surface area contributed by atoms with Crippen molar-refractivity contribution in [1.29, 1.82) is 0 Å². The molecule has 7 heteroatoms. The molecule has 1 aromatic heterocycles. The Labute approximate surface area is 152 Å². The summed E-state index contributed by atoms with van der Waals surface area (Å²) in [7, 11) is 0. The second-order valence-corrected chi connectivity index (χ2v) is 6.03. The summed E-state index contributed by atoms with van der Waals surface area (Å²) in [6.07, 6.45) is 3.31. The number of aromatic nitrogens is 4. The summed E-state index contributed by atoms with van der Waals surface area (Å²) >= 11 is 0. The number of aryl methyl sites for hydroxylation is 1. The first-order valence-electron chi connectivity index (χ1n) is 8.50. The van der Waals surface area contributed by atoms with Gasteiger partial charge in [-0.15, -0.1) is 5.10 Å². The van der Waals surface area contributed by atoms with Gasteiger partial charge >= 0.3 is 0 Å². The predicted molar refractivity (Wildman–Crippen MR) is 97.0 cm³/mol. The zero-order valence-electron chi connectivity index (χ0n) is 14.6. The van der Waals surface area contributed by atoms with Crippen LogP contribution in [0.15, 0.2) is 60.9 Å². The first-order chi connectivity index (χ1) is 12.7. The zero-order chi connectivity index (χ0) is 18.2. The number of carbonyl (C=O) groups is 1. The highest BCUT2D eigenvalue weighted by Gasteiger charge is 2.09. The van der Waals surface area contributed by atoms with Crippen LogP contribution in [0.3, 0.4) is 0 Å². The molecule has 7 nitrogen and oxygen atoms in total. The summed E-state index contributed by atoms with van der Waals surface area (Å²) in [4.78, 5) is 12.1. The van der Waals surface area contributed by atoms with Crippen molar-refractivity contribution in [3.63, 3.8) is 0 Å². The van der Waals surface area contributed by atoms with Gasteiger partial charge in [0.25, 0.3) is 5.91 Å². The Balaban J connectivity index is 1.44. The molecule has 0 fully saturated rings. The third kappa shape index (κ3) is 5.14. The molecule has 0 saturated heterocycles. The third-order valence-corrected chi connectivity index (χ3v) is 3.92. The number of amides is 1. The Hall–Kier alpha value is -3.22. The van der Waals surface area contributed by atoms with E-state index in [9.17, 15) is 4.79 Å². The Morgan fingerprint density at radius 2 is 2.04 bits per heavy atom. The fourth-order valence-electron chi connectivity index (χ4n) is 2.56. The number of ether oxygens (including phenoxy) is 1. The van der Waals surface area contributed by atoms with Gasteiger partial charge in [-0.05, 0) is 47.9 Å². The average molecular weight is 351 g/mol. The maximum absolute atomic E-state index is 12.1. The molecule has 0 saturated carbocycles. The van der Waals surface area contributed by atoms with Gasteiger partial charge in [0.05, 0.1) is 5.69 Å². The smallest absolute Gasteiger partial charge is 0.258 e. The summed E-state index contributed by atoms with van der Waals surface area (Å²) in [6.45, 7) is 1.97. The van der Waals surface area contributed by atoms with Crippen LogP contribution >= 0.6 is 0 Å². The highest BCUT2D eigenvalue weighted by atomic mass is 16.5. The lowest BCUT2D eigenvalue weighted by Gasteiger charge is -2.14. The van der Waals surface area contributed by atoms with E-state index in [1.165, 1.54) is 16.6 Å². The lowest BCUT2D eigenvalue weighted by molar-refractivity contribution is -0.123. The molecule has 1 N–H and O–H groups in total. The van der Waals surface area contributed by atoms with Crippen molar-refractivity contribution < 1.29 is 9.53 Å². The molecule has 0 spiro atoms.